The summed E-state index contributed by atoms with van der Waals surface area (Å²) in [6.07, 6.45) is 5.90. The molecular weight excluding hydrogens is 400 g/mol. The number of hydrogen-bond acceptors (Lipinski definition) is 5. The van der Waals surface area contributed by atoms with Gasteiger partial charge in [0, 0.05) is 16.4 Å². The van der Waals surface area contributed by atoms with Crippen molar-refractivity contribution in [3.63, 3.8) is 0 Å². The average molecular weight is 425 g/mol. The third-order valence-electron chi connectivity index (χ3n) is 5.29. The molecule has 1 aliphatic rings. The Hall–Kier alpha value is -2.92. The van der Waals surface area contributed by atoms with E-state index in [2.05, 4.69) is 9.97 Å². The summed E-state index contributed by atoms with van der Waals surface area (Å²) in [6, 6.07) is 14.7. The van der Waals surface area contributed by atoms with Crippen molar-refractivity contribution in [1.29, 1.82) is 0 Å². The zero-order chi connectivity index (χ0) is 21.6. The van der Waals surface area contributed by atoms with Crippen LogP contribution in [0.5, 0.6) is 11.5 Å². The zero-order valence-corrected chi connectivity index (χ0v) is 17.9. The smallest absolute Gasteiger partial charge is 0.180 e. The first-order chi connectivity index (χ1) is 14.4. The maximum absolute atomic E-state index is 12.7. The Kier molecular flexibility index (Phi) is 7.06. The molecule has 1 aromatic carbocycles. The van der Waals surface area contributed by atoms with Crippen LogP contribution in [0, 0.1) is 13.8 Å². The number of halogens is 1. The lowest BCUT2D eigenvalue weighted by molar-refractivity contribution is -0.129. The molecule has 0 atom stereocenters. The molecule has 1 aliphatic carbocycles. The van der Waals surface area contributed by atoms with Crippen molar-refractivity contribution in [2.24, 2.45) is 0 Å². The number of aromatic hydroxyl groups is 1. The van der Waals surface area contributed by atoms with E-state index in [9.17, 15) is 4.79 Å². The molecule has 1 saturated carbocycles. The van der Waals surface area contributed by atoms with Crippen molar-refractivity contribution in [1.82, 2.24) is 9.97 Å². The standard InChI is InChI=1S/C18H18ClNO2.C6H7NO/c1-13-3-8-16(11-20-13)22-12-17(21)18(9-2-10-18)14-4-6-15(19)7-5-14;1-5-2-3-6(8)4-7-5/h3-8,11H,2,9-10,12H2,1H3;2-4,8H,1H3. The molecule has 0 bridgehead atoms. The molecular formula is C24H25ClN2O3. The van der Waals surface area contributed by atoms with Crippen LogP contribution in [-0.2, 0) is 10.2 Å². The van der Waals surface area contributed by atoms with Gasteiger partial charge >= 0.3 is 0 Å². The van der Waals surface area contributed by atoms with Gasteiger partial charge in [-0.3, -0.25) is 14.8 Å². The maximum Gasteiger partial charge on any atom is 0.180 e. The van der Waals surface area contributed by atoms with E-state index < -0.39 is 5.41 Å². The molecule has 2 aromatic heterocycles. The molecule has 0 amide bonds. The van der Waals surface area contributed by atoms with Gasteiger partial charge in [-0.15, -0.1) is 0 Å². The van der Waals surface area contributed by atoms with Crippen LogP contribution in [0.15, 0.2) is 60.9 Å². The van der Waals surface area contributed by atoms with Crippen LogP contribution in [-0.4, -0.2) is 27.5 Å². The van der Waals surface area contributed by atoms with Gasteiger partial charge < -0.3 is 9.84 Å². The van der Waals surface area contributed by atoms with Gasteiger partial charge in [-0.05, 0) is 68.7 Å². The molecule has 30 heavy (non-hydrogen) atoms. The lowest BCUT2D eigenvalue weighted by atomic mass is 9.62. The van der Waals surface area contributed by atoms with E-state index in [1.807, 2.05) is 50.2 Å². The first-order valence-corrected chi connectivity index (χ1v) is 10.2. The van der Waals surface area contributed by atoms with E-state index in [1.54, 1.807) is 18.3 Å². The molecule has 4 rings (SSSR count). The Morgan fingerprint density at radius 1 is 1.00 bits per heavy atom. The van der Waals surface area contributed by atoms with Crippen LogP contribution in [0.25, 0.3) is 0 Å². The summed E-state index contributed by atoms with van der Waals surface area (Å²) >= 11 is 5.94. The maximum atomic E-state index is 12.7. The Morgan fingerprint density at radius 3 is 2.10 bits per heavy atom. The van der Waals surface area contributed by atoms with Gasteiger partial charge in [0.05, 0.1) is 17.8 Å². The minimum Gasteiger partial charge on any atom is -0.506 e. The predicted octanol–water partition coefficient (Wildman–Crippen LogP) is 5.21. The third-order valence-corrected chi connectivity index (χ3v) is 5.54. The number of hydrogen-bond donors (Lipinski definition) is 1. The number of pyridine rings is 2. The second-order valence-corrected chi connectivity index (χ2v) is 7.88. The summed E-state index contributed by atoms with van der Waals surface area (Å²) < 4.78 is 5.61. The minimum absolute atomic E-state index is 0.0768. The van der Waals surface area contributed by atoms with E-state index in [0.29, 0.717) is 10.8 Å². The van der Waals surface area contributed by atoms with E-state index in [0.717, 1.165) is 36.2 Å². The first-order valence-electron chi connectivity index (χ1n) is 9.85. The Morgan fingerprint density at radius 2 is 1.63 bits per heavy atom. The van der Waals surface area contributed by atoms with E-state index >= 15 is 0 Å². The van der Waals surface area contributed by atoms with Crippen molar-refractivity contribution in [2.45, 2.75) is 38.5 Å². The molecule has 2 heterocycles. The summed E-state index contributed by atoms with van der Waals surface area (Å²) in [7, 11) is 0. The van der Waals surface area contributed by atoms with Crippen molar-refractivity contribution >= 4 is 17.4 Å². The van der Waals surface area contributed by atoms with Crippen LogP contribution in [0.4, 0.5) is 0 Å². The molecule has 0 saturated heterocycles. The van der Waals surface area contributed by atoms with Gasteiger partial charge in [-0.2, -0.15) is 0 Å². The number of ether oxygens (including phenoxy) is 1. The summed E-state index contributed by atoms with van der Waals surface area (Å²) in [4.78, 5) is 20.7. The summed E-state index contributed by atoms with van der Waals surface area (Å²) in [5.74, 6) is 0.974. The topological polar surface area (TPSA) is 72.3 Å². The van der Waals surface area contributed by atoms with Crippen LogP contribution >= 0.6 is 11.6 Å². The molecule has 0 aliphatic heterocycles. The van der Waals surface area contributed by atoms with Crippen LogP contribution in [0.3, 0.4) is 0 Å². The molecule has 1 N–H and O–H groups in total. The molecule has 156 valence electrons. The monoisotopic (exact) mass is 424 g/mol. The minimum atomic E-state index is -0.400. The van der Waals surface area contributed by atoms with E-state index in [4.69, 9.17) is 21.4 Å². The number of ketones is 1. The molecule has 0 spiro atoms. The normalized spacial score (nSPS) is 14.1. The second kappa shape index (κ2) is 9.72. The third kappa shape index (κ3) is 5.36. The first kappa shape index (κ1) is 21.8. The molecule has 5 nitrogen and oxygen atoms in total. The highest BCUT2D eigenvalue weighted by Gasteiger charge is 2.45. The quantitative estimate of drug-likeness (QED) is 0.608. The van der Waals surface area contributed by atoms with Crippen molar-refractivity contribution in [3.8, 4) is 11.5 Å². The van der Waals surface area contributed by atoms with Gasteiger partial charge in [0.2, 0.25) is 0 Å². The molecule has 1 fully saturated rings. The highest BCUT2D eigenvalue weighted by molar-refractivity contribution is 6.30. The van der Waals surface area contributed by atoms with Crippen molar-refractivity contribution in [3.05, 3.63) is 82.9 Å². The average Bonchev–Trinajstić information content (AvgIpc) is 2.71. The number of benzene rings is 1. The lowest BCUT2D eigenvalue weighted by Crippen LogP contribution is -2.45. The second-order valence-electron chi connectivity index (χ2n) is 7.45. The fourth-order valence-electron chi connectivity index (χ4n) is 3.31. The summed E-state index contributed by atoms with van der Waals surface area (Å²) in [5, 5.41) is 9.38. The highest BCUT2D eigenvalue weighted by atomic mass is 35.5. The fourth-order valence-corrected chi connectivity index (χ4v) is 3.44. The van der Waals surface area contributed by atoms with Crippen molar-refractivity contribution in [2.75, 3.05) is 6.61 Å². The Balaban J connectivity index is 0.000000269. The van der Waals surface area contributed by atoms with Crippen LogP contribution < -0.4 is 4.74 Å². The summed E-state index contributed by atoms with van der Waals surface area (Å²) in [5.41, 5.74) is 2.49. The highest BCUT2D eigenvalue weighted by Crippen LogP contribution is 2.44. The molecule has 6 heteroatoms. The SMILES string of the molecule is Cc1ccc(O)cn1.Cc1ccc(OCC(=O)C2(c3ccc(Cl)cc3)CCC2)cn1. The van der Waals surface area contributed by atoms with Gasteiger partial charge in [0.1, 0.15) is 18.1 Å². The number of carbonyl (C=O) groups excluding carboxylic acids is 1. The number of aryl methyl sites for hydroxylation is 2. The number of rotatable bonds is 5. The van der Waals surface area contributed by atoms with Gasteiger partial charge in [-0.25, -0.2) is 0 Å². The molecule has 0 unspecified atom stereocenters. The largest absolute Gasteiger partial charge is 0.506 e. The van der Waals surface area contributed by atoms with Gasteiger partial charge in [0.15, 0.2) is 5.78 Å². The lowest BCUT2D eigenvalue weighted by Gasteiger charge is -2.40. The fraction of sp³-hybridized carbons (Fsp3) is 0.292. The van der Waals surface area contributed by atoms with Crippen molar-refractivity contribution < 1.29 is 14.6 Å². The van der Waals surface area contributed by atoms with Gasteiger partial charge in [-0.1, -0.05) is 30.2 Å². The van der Waals surface area contributed by atoms with E-state index in [-0.39, 0.29) is 18.1 Å². The number of nitrogens with zero attached hydrogens (tertiary/aromatic N) is 2. The van der Waals surface area contributed by atoms with Crippen LogP contribution in [0.1, 0.15) is 36.2 Å². The van der Waals surface area contributed by atoms with Gasteiger partial charge in [0.25, 0.3) is 0 Å². The predicted molar refractivity (Wildman–Crippen MR) is 117 cm³/mol. The number of carbonyl (C=O) groups is 1. The Bertz CT molecular complexity index is 946. The summed E-state index contributed by atoms with van der Waals surface area (Å²) in [6.45, 7) is 3.87. The van der Waals surface area contributed by atoms with Crippen LogP contribution in [0.2, 0.25) is 5.02 Å². The van der Waals surface area contributed by atoms with E-state index in [1.165, 1.54) is 6.20 Å². The molecule has 3 aromatic rings. The number of aromatic nitrogens is 2. The molecule has 0 radical (unpaired) electrons. The zero-order valence-electron chi connectivity index (χ0n) is 17.1. The number of Topliss-reactive ketones (excluding diaryl/α,β-unsaturated/α-hetero) is 1. The Labute approximate surface area is 181 Å².